The van der Waals surface area contributed by atoms with Gasteiger partial charge in [0.2, 0.25) is 8.32 Å². The number of rotatable bonds is 6. The molecule has 0 aromatic rings. The van der Waals surface area contributed by atoms with Crippen molar-refractivity contribution in [1.82, 2.24) is 0 Å². The van der Waals surface area contributed by atoms with Crippen LogP contribution in [0.25, 0.3) is 0 Å². The first-order chi connectivity index (χ1) is 6.86. The quantitative estimate of drug-likeness (QED) is 0.575. The molecule has 0 amide bonds. The van der Waals surface area contributed by atoms with Crippen molar-refractivity contribution in [3.8, 4) is 0 Å². The summed E-state index contributed by atoms with van der Waals surface area (Å²) in [6.07, 6.45) is 0. The Bertz CT molecular complexity index is 422. The molecule has 0 saturated carbocycles. The predicted molar refractivity (Wildman–Crippen MR) is 63.9 cm³/mol. The Morgan fingerprint density at radius 1 is 1.12 bits per heavy atom. The van der Waals surface area contributed by atoms with Crippen molar-refractivity contribution in [2.45, 2.75) is 32.5 Å². The van der Waals surface area contributed by atoms with Crippen LogP contribution in [0.15, 0.2) is 0 Å². The van der Waals surface area contributed by atoms with Gasteiger partial charge in [-0.15, -0.1) is 0 Å². The summed E-state index contributed by atoms with van der Waals surface area (Å²) in [5, 5.41) is 0. The molecular weight excluding hydrogens is 272 g/mol. The van der Waals surface area contributed by atoms with E-state index in [0.29, 0.717) is 0 Å². The Labute approximate surface area is 98.0 Å². The molecule has 9 heteroatoms. The van der Waals surface area contributed by atoms with Gasteiger partial charge in [-0.05, 0) is 18.6 Å². The number of hydrogen-bond acceptors (Lipinski definition) is 5. The first kappa shape index (κ1) is 16.0. The van der Waals surface area contributed by atoms with Crippen LogP contribution < -0.4 is 0 Å². The Hall–Kier alpha value is 0.0369. The standard InChI is InChI=1S/C7H18O6S2Si/c1-7(2)16(3,4)13-15(11,12)6-5-14(8,9)10/h7H,5-6H2,1-4H3,(H,8,9,10). The highest BCUT2D eigenvalue weighted by atomic mass is 32.2. The van der Waals surface area contributed by atoms with Crippen LogP contribution in [0, 0.1) is 0 Å². The molecule has 0 aliphatic carbocycles. The van der Waals surface area contributed by atoms with Crippen LogP contribution in [0.5, 0.6) is 0 Å². The largest absolute Gasteiger partial charge is 0.315 e. The molecular formula is C7H18O6S2Si. The third-order valence-electron chi connectivity index (χ3n) is 2.32. The molecule has 0 radical (unpaired) electrons. The average Bonchev–Trinajstić information content (AvgIpc) is 1.97. The molecule has 1 N–H and O–H groups in total. The summed E-state index contributed by atoms with van der Waals surface area (Å²) in [5.74, 6) is -1.55. The Morgan fingerprint density at radius 3 is 1.88 bits per heavy atom. The van der Waals surface area contributed by atoms with Crippen LogP contribution in [0.1, 0.15) is 13.8 Å². The van der Waals surface area contributed by atoms with Gasteiger partial charge in [0.25, 0.3) is 20.2 Å². The molecule has 0 heterocycles. The summed E-state index contributed by atoms with van der Waals surface area (Å²) in [7, 11) is -10.5. The van der Waals surface area contributed by atoms with Gasteiger partial charge in [0.15, 0.2) is 0 Å². The zero-order valence-corrected chi connectivity index (χ0v) is 12.4. The highest BCUT2D eigenvalue weighted by molar-refractivity contribution is 7.90. The van der Waals surface area contributed by atoms with Crippen molar-refractivity contribution >= 4 is 28.6 Å². The van der Waals surface area contributed by atoms with Gasteiger partial charge in [0.1, 0.15) is 0 Å². The van der Waals surface area contributed by atoms with Gasteiger partial charge in [-0.2, -0.15) is 8.42 Å². The van der Waals surface area contributed by atoms with E-state index in [-0.39, 0.29) is 5.54 Å². The summed E-state index contributed by atoms with van der Waals surface area (Å²) < 4.78 is 57.2. The van der Waals surface area contributed by atoms with Gasteiger partial charge in [-0.3, -0.25) is 4.55 Å². The van der Waals surface area contributed by atoms with E-state index in [1.807, 2.05) is 13.8 Å². The highest BCUT2D eigenvalue weighted by Gasteiger charge is 2.33. The van der Waals surface area contributed by atoms with Crippen molar-refractivity contribution in [2.24, 2.45) is 0 Å². The summed E-state index contributed by atoms with van der Waals surface area (Å²) in [4.78, 5) is 0. The van der Waals surface area contributed by atoms with Gasteiger partial charge in [0, 0.05) is 0 Å². The van der Waals surface area contributed by atoms with E-state index >= 15 is 0 Å². The summed E-state index contributed by atoms with van der Waals surface area (Å²) in [6.45, 7) is 7.18. The molecule has 0 aromatic heterocycles. The lowest BCUT2D eigenvalue weighted by Crippen LogP contribution is -2.38. The van der Waals surface area contributed by atoms with E-state index in [1.165, 1.54) is 0 Å². The van der Waals surface area contributed by atoms with Gasteiger partial charge in [0.05, 0.1) is 11.5 Å². The third kappa shape index (κ3) is 6.58. The molecule has 0 spiro atoms. The normalized spacial score (nSPS) is 14.4. The van der Waals surface area contributed by atoms with E-state index in [0.717, 1.165) is 0 Å². The van der Waals surface area contributed by atoms with E-state index in [2.05, 4.69) is 0 Å². The molecule has 0 rings (SSSR count). The fraction of sp³-hybridized carbons (Fsp3) is 1.00. The fourth-order valence-electron chi connectivity index (χ4n) is 0.673. The lowest BCUT2D eigenvalue weighted by atomic mass is 10.6. The van der Waals surface area contributed by atoms with Crippen molar-refractivity contribution in [3.05, 3.63) is 0 Å². The zero-order chi connectivity index (χ0) is 13.2. The van der Waals surface area contributed by atoms with Crippen molar-refractivity contribution in [1.29, 1.82) is 0 Å². The van der Waals surface area contributed by atoms with E-state index in [4.69, 9.17) is 8.42 Å². The molecule has 0 fully saturated rings. The molecule has 0 aliphatic heterocycles. The number of hydrogen-bond donors (Lipinski definition) is 1. The minimum atomic E-state index is -4.28. The molecule has 0 atom stereocenters. The van der Waals surface area contributed by atoms with Crippen LogP contribution in [-0.4, -0.2) is 41.2 Å². The molecule has 6 nitrogen and oxygen atoms in total. The van der Waals surface area contributed by atoms with Crippen LogP contribution in [0.4, 0.5) is 0 Å². The van der Waals surface area contributed by atoms with Crippen LogP contribution in [0.2, 0.25) is 18.6 Å². The molecule has 0 bridgehead atoms. The maximum Gasteiger partial charge on any atom is 0.265 e. The zero-order valence-electron chi connectivity index (χ0n) is 9.80. The van der Waals surface area contributed by atoms with E-state index in [9.17, 15) is 16.8 Å². The van der Waals surface area contributed by atoms with Crippen LogP contribution >= 0.6 is 0 Å². The Balaban J connectivity index is 4.61. The Morgan fingerprint density at radius 2 is 1.56 bits per heavy atom. The lowest BCUT2D eigenvalue weighted by molar-refractivity contribution is 0.468. The maximum atomic E-state index is 11.4. The van der Waals surface area contributed by atoms with Crippen molar-refractivity contribution in [2.75, 3.05) is 11.5 Å². The maximum absolute atomic E-state index is 11.4. The lowest BCUT2D eigenvalue weighted by Gasteiger charge is -2.25. The molecule has 0 saturated heterocycles. The minimum absolute atomic E-state index is 0.0907. The monoisotopic (exact) mass is 290 g/mol. The molecule has 0 aromatic carbocycles. The van der Waals surface area contributed by atoms with Crippen LogP contribution in [0.3, 0.4) is 0 Å². The van der Waals surface area contributed by atoms with Crippen LogP contribution in [-0.2, 0) is 24.1 Å². The van der Waals surface area contributed by atoms with E-state index in [1.54, 1.807) is 13.1 Å². The summed E-state index contributed by atoms with van der Waals surface area (Å²) in [5.41, 5.74) is 0.0907. The second-order valence-electron chi connectivity index (χ2n) is 4.39. The molecule has 98 valence electrons. The first-order valence-corrected chi connectivity index (χ1v) is 10.9. The topological polar surface area (TPSA) is 97.7 Å². The third-order valence-corrected chi connectivity index (χ3v) is 9.52. The molecule has 16 heavy (non-hydrogen) atoms. The SMILES string of the molecule is CC(C)[Si](C)(C)OS(=O)(=O)CCS(=O)(=O)O. The smallest absolute Gasteiger partial charge is 0.265 e. The van der Waals surface area contributed by atoms with Gasteiger partial charge < -0.3 is 3.87 Å². The Kier molecular flexibility index (Phi) is 5.14. The molecule has 0 aliphatic rings. The van der Waals surface area contributed by atoms with Gasteiger partial charge in [-0.1, -0.05) is 13.8 Å². The predicted octanol–water partition coefficient (Wildman–Crippen LogP) is 0.836. The van der Waals surface area contributed by atoms with Crippen molar-refractivity contribution < 1.29 is 25.3 Å². The average molecular weight is 290 g/mol. The van der Waals surface area contributed by atoms with Crippen molar-refractivity contribution in [3.63, 3.8) is 0 Å². The second kappa shape index (κ2) is 5.13. The minimum Gasteiger partial charge on any atom is -0.315 e. The highest BCUT2D eigenvalue weighted by Crippen LogP contribution is 2.23. The summed E-state index contributed by atoms with van der Waals surface area (Å²) in [6, 6.07) is 0. The van der Waals surface area contributed by atoms with Gasteiger partial charge >= 0.3 is 0 Å². The van der Waals surface area contributed by atoms with E-state index < -0.39 is 40.1 Å². The molecule has 0 unspecified atom stereocenters. The van der Waals surface area contributed by atoms with Gasteiger partial charge in [-0.25, -0.2) is 8.42 Å². The summed E-state index contributed by atoms with van der Waals surface area (Å²) >= 11 is 0. The fourth-order valence-corrected chi connectivity index (χ4v) is 6.05. The first-order valence-electron chi connectivity index (χ1n) is 4.74. The second-order valence-corrected chi connectivity index (χ2v) is 12.5.